The quantitative estimate of drug-likeness (QED) is 0.799. The predicted molar refractivity (Wildman–Crippen MR) is 89.5 cm³/mol. The molecule has 2 fully saturated rings. The van der Waals surface area contributed by atoms with E-state index in [9.17, 15) is 4.79 Å². The number of hydrogen-bond donors (Lipinski definition) is 0. The Morgan fingerprint density at radius 1 is 1.42 bits per heavy atom. The average Bonchev–Trinajstić information content (AvgIpc) is 3.32. The topological polar surface area (TPSA) is 68.5 Å². The maximum atomic E-state index is 12.5. The molecular weight excluding hydrogens is 326 g/mol. The highest BCUT2D eigenvalue weighted by molar-refractivity contribution is 7.10. The number of fused-ring (bicyclic) bond motifs is 1. The van der Waals surface area contributed by atoms with Crippen LogP contribution in [-0.4, -0.2) is 47.3 Å². The summed E-state index contributed by atoms with van der Waals surface area (Å²) < 4.78 is 11.1. The molecule has 2 saturated heterocycles. The van der Waals surface area contributed by atoms with Crippen LogP contribution in [0.25, 0.3) is 6.08 Å². The SMILES string of the molecule is Cc1noc([C@H]2COC[C@H]3CN(C(=O)/C=C/c4cccs4)C[C@H]32)n1. The van der Waals surface area contributed by atoms with Crippen molar-refractivity contribution in [2.45, 2.75) is 12.8 Å². The molecule has 6 nitrogen and oxygen atoms in total. The van der Waals surface area contributed by atoms with E-state index in [0.717, 1.165) is 11.4 Å². The van der Waals surface area contributed by atoms with E-state index in [-0.39, 0.29) is 11.8 Å². The van der Waals surface area contributed by atoms with Crippen molar-refractivity contribution in [3.05, 3.63) is 40.2 Å². The van der Waals surface area contributed by atoms with Gasteiger partial charge in [-0.15, -0.1) is 11.3 Å². The summed E-state index contributed by atoms with van der Waals surface area (Å²) in [7, 11) is 0. The van der Waals surface area contributed by atoms with E-state index in [1.807, 2.05) is 35.4 Å². The van der Waals surface area contributed by atoms with Crippen molar-refractivity contribution in [1.29, 1.82) is 0 Å². The molecule has 0 saturated carbocycles. The molecule has 2 aromatic rings. The van der Waals surface area contributed by atoms with Gasteiger partial charge in [0.15, 0.2) is 5.82 Å². The fourth-order valence-corrected chi connectivity index (χ4v) is 4.16. The summed E-state index contributed by atoms with van der Waals surface area (Å²) in [6.07, 6.45) is 3.54. The lowest BCUT2D eigenvalue weighted by Crippen LogP contribution is -2.33. The van der Waals surface area contributed by atoms with Gasteiger partial charge in [0, 0.05) is 30.0 Å². The van der Waals surface area contributed by atoms with Gasteiger partial charge in [-0.1, -0.05) is 11.2 Å². The normalized spacial score (nSPS) is 26.9. The largest absolute Gasteiger partial charge is 0.380 e. The summed E-state index contributed by atoms with van der Waals surface area (Å²) >= 11 is 1.62. The van der Waals surface area contributed by atoms with Gasteiger partial charge in [-0.05, 0) is 30.4 Å². The zero-order valence-electron chi connectivity index (χ0n) is 13.4. The molecule has 2 aliphatic rings. The van der Waals surface area contributed by atoms with Crippen LogP contribution in [0, 0.1) is 18.8 Å². The summed E-state index contributed by atoms with van der Waals surface area (Å²) in [5, 5.41) is 5.89. The molecule has 0 spiro atoms. The van der Waals surface area contributed by atoms with Gasteiger partial charge in [-0.3, -0.25) is 4.79 Å². The van der Waals surface area contributed by atoms with Crippen molar-refractivity contribution in [2.24, 2.45) is 11.8 Å². The van der Waals surface area contributed by atoms with E-state index in [1.165, 1.54) is 0 Å². The van der Waals surface area contributed by atoms with E-state index >= 15 is 0 Å². The summed E-state index contributed by atoms with van der Waals surface area (Å²) in [6, 6.07) is 3.98. The zero-order valence-corrected chi connectivity index (χ0v) is 14.2. The second-order valence-electron chi connectivity index (χ2n) is 6.34. The van der Waals surface area contributed by atoms with Gasteiger partial charge in [0.05, 0.1) is 19.1 Å². The van der Waals surface area contributed by atoms with Gasteiger partial charge in [-0.25, -0.2) is 0 Å². The van der Waals surface area contributed by atoms with Gasteiger partial charge in [0.2, 0.25) is 11.8 Å². The Morgan fingerprint density at radius 2 is 2.33 bits per heavy atom. The summed E-state index contributed by atoms with van der Waals surface area (Å²) in [4.78, 5) is 19.8. The van der Waals surface area contributed by atoms with Crippen molar-refractivity contribution in [3.63, 3.8) is 0 Å². The number of amides is 1. The fourth-order valence-electron chi connectivity index (χ4n) is 3.54. The van der Waals surface area contributed by atoms with Crippen LogP contribution in [0.1, 0.15) is 22.5 Å². The smallest absolute Gasteiger partial charge is 0.246 e. The number of ether oxygens (including phenoxy) is 1. The minimum absolute atomic E-state index is 0.0539. The van der Waals surface area contributed by atoms with Crippen molar-refractivity contribution < 1.29 is 14.1 Å². The average molecular weight is 345 g/mol. The predicted octanol–water partition coefficient (Wildman–Crippen LogP) is 2.34. The monoisotopic (exact) mass is 345 g/mol. The standard InChI is InChI=1S/C17H19N3O3S/c1-11-18-17(23-19-11)15-10-22-9-12-7-20(8-14(12)15)16(21)5-4-13-3-2-6-24-13/h2-6,12,14-15H,7-10H2,1H3/b5-4+/t12-,14-,15+/m1/s1. The minimum atomic E-state index is 0.0539. The molecule has 0 aromatic carbocycles. The summed E-state index contributed by atoms with van der Waals surface area (Å²) in [6.45, 7) is 4.52. The molecule has 4 heterocycles. The number of carbonyl (C=O) groups is 1. The van der Waals surface area contributed by atoms with Crippen LogP contribution in [0.5, 0.6) is 0 Å². The third-order valence-corrected chi connectivity index (χ3v) is 5.58. The molecule has 2 aliphatic heterocycles. The van der Waals surface area contributed by atoms with Gasteiger partial charge < -0.3 is 14.2 Å². The van der Waals surface area contributed by atoms with Crippen molar-refractivity contribution in [3.8, 4) is 0 Å². The van der Waals surface area contributed by atoms with Crippen molar-refractivity contribution in [1.82, 2.24) is 15.0 Å². The Morgan fingerprint density at radius 3 is 3.08 bits per heavy atom. The Labute approximate surface area is 144 Å². The lowest BCUT2D eigenvalue weighted by Gasteiger charge is -2.30. The van der Waals surface area contributed by atoms with Gasteiger partial charge in [0.25, 0.3) is 0 Å². The van der Waals surface area contributed by atoms with E-state index in [2.05, 4.69) is 10.1 Å². The second-order valence-corrected chi connectivity index (χ2v) is 7.32. The lowest BCUT2D eigenvalue weighted by atomic mass is 9.83. The third kappa shape index (κ3) is 3.01. The number of hydrogen-bond acceptors (Lipinski definition) is 6. The number of carbonyl (C=O) groups excluding carboxylic acids is 1. The van der Waals surface area contributed by atoms with E-state index in [0.29, 0.717) is 43.3 Å². The van der Waals surface area contributed by atoms with Crippen LogP contribution < -0.4 is 0 Å². The fraction of sp³-hybridized carbons (Fsp3) is 0.471. The molecule has 126 valence electrons. The van der Waals surface area contributed by atoms with Crippen LogP contribution in [0.4, 0.5) is 0 Å². The van der Waals surface area contributed by atoms with Crippen LogP contribution in [0.3, 0.4) is 0 Å². The highest BCUT2D eigenvalue weighted by Gasteiger charge is 2.44. The molecule has 1 amide bonds. The van der Waals surface area contributed by atoms with Crippen molar-refractivity contribution in [2.75, 3.05) is 26.3 Å². The molecule has 3 atom stereocenters. The number of likely N-dealkylation sites (tertiary alicyclic amines) is 1. The molecule has 2 aromatic heterocycles. The minimum Gasteiger partial charge on any atom is -0.380 e. The van der Waals surface area contributed by atoms with E-state index in [4.69, 9.17) is 9.26 Å². The summed E-state index contributed by atoms with van der Waals surface area (Å²) in [5.74, 6) is 2.04. The van der Waals surface area contributed by atoms with Crippen molar-refractivity contribution >= 4 is 23.3 Å². The second kappa shape index (κ2) is 6.49. The zero-order chi connectivity index (χ0) is 16.5. The molecule has 24 heavy (non-hydrogen) atoms. The molecule has 0 aliphatic carbocycles. The molecule has 0 N–H and O–H groups in total. The maximum Gasteiger partial charge on any atom is 0.246 e. The first-order chi connectivity index (χ1) is 11.7. The van der Waals surface area contributed by atoms with Crippen LogP contribution in [0.2, 0.25) is 0 Å². The Balaban J connectivity index is 1.46. The molecule has 4 rings (SSSR count). The number of nitrogens with zero attached hydrogens (tertiary/aromatic N) is 3. The number of thiophene rings is 1. The highest BCUT2D eigenvalue weighted by atomic mass is 32.1. The van der Waals surface area contributed by atoms with Gasteiger partial charge in [-0.2, -0.15) is 4.98 Å². The van der Waals surface area contributed by atoms with E-state index < -0.39 is 0 Å². The van der Waals surface area contributed by atoms with Crippen LogP contribution in [-0.2, 0) is 9.53 Å². The first-order valence-corrected chi connectivity index (χ1v) is 8.97. The Kier molecular flexibility index (Phi) is 4.20. The highest BCUT2D eigenvalue weighted by Crippen LogP contribution is 2.39. The number of aromatic nitrogens is 2. The first kappa shape index (κ1) is 15.5. The molecule has 0 radical (unpaired) electrons. The van der Waals surface area contributed by atoms with Gasteiger partial charge in [0.1, 0.15) is 0 Å². The molecule has 0 unspecified atom stereocenters. The van der Waals surface area contributed by atoms with E-state index in [1.54, 1.807) is 17.4 Å². The third-order valence-electron chi connectivity index (χ3n) is 4.74. The first-order valence-electron chi connectivity index (χ1n) is 8.09. The van der Waals surface area contributed by atoms with Gasteiger partial charge >= 0.3 is 0 Å². The number of rotatable bonds is 3. The molecule has 7 heteroatoms. The lowest BCUT2D eigenvalue weighted by molar-refractivity contribution is -0.125. The van der Waals surface area contributed by atoms with Crippen LogP contribution in [0.15, 0.2) is 28.1 Å². The Bertz CT molecular complexity index is 740. The van der Waals surface area contributed by atoms with Crippen LogP contribution >= 0.6 is 11.3 Å². The molecule has 0 bridgehead atoms. The number of aryl methyl sites for hydroxylation is 1. The maximum absolute atomic E-state index is 12.5. The Hall–Kier alpha value is -1.99. The molecular formula is C17H19N3O3S. The summed E-state index contributed by atoms with van der Waals surface area (Å²) in [5.41, 5.74) is 0.